The Labute approximate surface area is 185 Å². The number of nitriles is 1. The summed E-state index contributed by atoms with van der Waals surface area (Å²) in [6.07, 6.45) is 4.71. The summed E-state index contributed by atoms with van der Waals surface area (Å²) in [7, 11) is 0. The molecule has 0 unspecified atom stereocenters. The highest BCUT2D eigenvalue weighted by Crippen LogP contribution is 2.36. The molecule has 2 fully saturated rings. The van der Waals surface area contributed by atoms with E-state index in [1.165, 1.54) is 0 Å². The minimum Gasteiger partial charge on any atom is -0.506 e. The lowest BCUT2D eigenvalue weighted by Crippen LogP contribution is -2.46. The maximum absolute atomic E-state index is 12.2. The van der Waals surface area contributed by atoms with Crippen LogP contribution in [0.1, 0.15) is 48.0 Å². The van der Waals surface area contributed by atoms with Crippen LogP contribution in [0.2, 0.25) is 0 Å². The molecule has 1 aliphatic carbocycles. The third kappa shape index (κ3) is 4.38. The summed E-state index contributed by atoms with van der Waals surface area (Å²) in [5.74, 6) is -0.644. The number of anilines is 2. The zero-order valence-electron chi connectivity index (χ0n) is 17.8. The molecule has 2 amide bonds. The van der Waals surface area contributed by atoms with Gasteiger partial charge in [-0.2, -0.15) is 10.4 Å². The summed E-state index contributed by atoms with van der Waals surface area (Å²) in [6, 6.07) is 7.48. The van der Waals surface area contributed by atoms with E-state index >= 15 is 0 Å². The number of phenols is 1. The number of benzene rings is 1. The standard InChI is InChI=1S/C22H27N7O3/c23-8-5-22(6-9-28(10-7-22)12-14-1-4-17(24)18(30)11-14)29-13-16(19(25)31)20(27-29)26-21(32)15-2-3-15/h1,4,11,13,15,30H,2-3,5-7,9-10,12,24H2,(H2,25,31)(H,26,27,32). The molecule has 1 saturated carbocycles. The normalized spacial score (nSPS) is 18.1. The number of nitrogens with zero attached hydrogens (tertiary/aromatic N) is 4. The van der Waals surface area contributed by atoms with Crippen molar-refractivity contribution in [3.63, 3.8) is 0 Å². The Morgan fingerprint density at radius 2 is 2.03 bits per heavy atom. The molecule has 2 aromatic rings. The van der Waals surface area contributed by atoms with Gasteiger partial charge in [0, 0.05) is 31.7 Å². The maximum atomic E-state index is 12.2. The van der Waals surface area contributed by atoms with Crippen LogP contribution in [-0.4, -0.2) is 44.7 Å². The Kier molecular flexibility index (Phi) is 5.76. The average molecular weight is 438 g/mol. The second-order valence-electron chi connectivity index (χ2n) is 8.69. The quantitative estimate of drug-likeness (QED) is 0.377. The summed E-state index contributed by atoms with van der Waals surface area (Å²) in [4.78, 5) is 26.4. The third-order valence-electron chi connectivity index (χ3n) is 6.35. The minimum atomic E-state index is -0.671. The fraction of sp³-hybridized carbons (Fsp3) is 0.455. The Balaban J connectivity index is 1.51. The number of nitrogens with one attached hydrogen (secondary N) is 1. The first kappa shape index (κ1) is 21.6. The SMILES string of the molecule is N#CCC1(n2cc(C(N)=O)c(NC(=O)C3CC3)n2)CCN(Cc2ccc(N)c(O)c2)CC1. The molecule has 2 aliphatic rings. The zero-order chi connectivity index (χ0) is 22.9. The van der Waals surface area contributed by atoms with Crippen LogP contribution < -0.4 is 16.8 Å². The van der Waals surface area contributed by atoms with Gasteiger partial charge in [0.25, 0.3) is 5.91 Å². The summed E-state index contributed by atoms with van der Waals surface area (Å²) >= 11 is 0. The number of nitrogens with two attached hydrogens (primary N) is 2. The molecule has 4 rings (SSSR count). The molecule has 0 bridgehead atoms. The van der Waals surface area contributed by atoms with Gasteiger partial charge in [0.1, 0.15) is 11.3 Å². The molecule has 10 heteroatoms. The monoisotopic (exact) mass is 437 g/mol. The lowest BCUT2D eigenvalue weighted by Gasteiger charge is -2.40. The van der Waals surface area contributed by atoms with Crippen LogP contribution in [0.15, 0.2) is 24.4 Å². The van der Waals surface area contributed by atoms with E-state index in [4.69, 9.17) is 11.5 Å². The topological polar surface area (TPSA) is 163 Å². The van der Waals surface area contributed by atoms with Crippen LogP contribution >= 0.6 is 0 Å². The molecular formula is C22H27N7O3. The van der Waals surface area contributed by atoms with Crippen molar-refractivity contribution in [2.75, 3.05) is 24.1 Å². The molecule has 2 heterocycles. The fourth-order valence-corrected chi connectivity index (χ4v) is 4.16. The van der Waals surface area contributed by atoms with Crippen molar-refractivity contribution in [2.45, 2.75) is 44.2 Å². The second kappa shape index (κ2) is 8.51. The van der Waals surface area contributed by atoms with E-state index in [-0.39, 0.29) is 35.4 Å². The van der Waals surface area contributed by atoms with Crippen LogP contribution in [0.4, 0.5) is 11.5 Å². The maximum Gasteiger partial charge on any atom is 0.254 e. The molecule has 32 heavy (non-hydrogen) atoms. The number of aromatic hydroxyl groups is 1. The number of phenolic OH excluding ortho intramolecular Hbond substituents is 1. The number of primary amides is 1. The van der Waals surface area contributed by atoms with E-state index in [0.717, 1.165) is 18.4 Å². The van der Waals surface area contributed by atoms with Crippen molar-refractivity contribution < 1.29 is 14.7 Å². The minimum absolute atomic E-state index is 0.0371. The van der Waals surface area contributed by atoms with Gasteiger partial charge in [-0.05, 0) is 43.4 Å². The number of hydrogen-bond donors (Lipinski definition) is 4. The summed E-state index contributed by atoms with van der Waals surface area (Å²) < 4.78 is 1.64. The predicted molar refractivity (Wildman–Crippen MR) is 117 cm³/mol. The van der Waals surface area contributed by atoms with E-state index < -0.39 is 11.4 Å². The molecule has 1 saturated heterocycles. The average Bonchev–Trinajstić information content (AvgIpc) is 3.52. The van der Waals surface area contributed by atoms with Crippen molar-refractivity contribution in [1.29, 1.82) is 5.26 Å². The van der Waals surface area contributed by atoms with Gasteiger partial charge in [-0.3, -0.25) is 19.2 Å². The molecule has 0 atom stereocenters. The van der Waals surface area contributed by atoms with E-state index in [2.05, 4.69) is 21.4 Å². The van der Waals surface area contributed by atoms with Crippen LogP contribution in [0.25, 0.3) is 0 Å². The Morgan fingerprint density at radius 1 is 1.31 bits per heavy atom. The van der Waals surface area contributed by atoms with Gasteiger partial charge in [0.15, 0.2) is 5.82 Å². The van der Waals surface area contributed by atoms with E-state index in [9.17, 15) is 20.0 Å². The zero-order valence-corrected chi connectivity index (χ0v) is 17.8. The molecule has 1 aromatic heterocycles. The van der Waals surface area contributed by atoms with Gasteiger partial charge < -0.3 is 21.9 Å². The van der Waals surface area contributed by atoms with Gasteiger partial charge in [0.2, 0.25) is 5.91 Å². The van der Waals surface area contributed by atoms with E-state index in [1.54, 1.807) is 23.0 Å². The number of amides is 2. The first-order chi connectivity index (χ1) is 15.3. The van der Waals surface area contributed by atoms with Gasteiger partial charge in [-0.1, -0.05) is 6.07 Å². The number of nitrogen functional groups attached to an aromatic ring is 1. The highest BCUT2D eigenvalue weighted by Gasteiger charge is 2.39. The smallest absolute Gasteiger partial charge is 0.254 e. The van der Waals surface area contributed by atoms with E-state index in [0.29, 0.717) is 38.2 Å². The number of likely N-dealkylation sites (tertiary alicyclic amines) is 1. The second-order valence-corrected chi connectivity index (χ2v) is 8.69. The molecule has 6 N–H and O–H groups in total. The summed E-state index contributed by atoms with van der Waals surface area (Å²) in [5.41, 5.74) is 12.0. The fourth-order valence-electron chi connectivity index (χ4n) is 4.16. The van der Waals surface area contributed by atoms with Crippen LogP contribution in [0.3, 0.4) is 0 Å². The molecular weight excluding hydrogens is 410 g/mol. The Bertz CT molecular complexity index is 1080. The molecule has 1 aromatic carbocycles. The number of hydrogen-bond acceptors (Lipinski definition) is 7. The van der Waals surface area contributed by atoms with Crippen LogP contribution in [0.5, 0.6) is 5.75 Å². The molecule has 0 radical (unpaired) electrons. The number of carbonyl (C=O) groups is 2. The number of rotatable bonds is 7. The first-order valence-corrected chi connectivity index (χ1v) is 10.7. The van der Waals surface area contributed by atoms with Crippen molar-refractivity contribution in [3.8, 4) is 11.8 Å². The molecule has 0 spiro atoms. The lowest BCUT2D eigenvalue weighted by atomic mass is 9.84. The summed E-state index contributed by atoms with van der Waals surface area (Å²) in [5, 5.41) is 26.6. The number of carbonyl (C=O) groups excluding carboxylic acids is 2. The Morgan fingerprint density at radius 3 is 2.62 bits per heavy atom. The van der Waals surface area contributed by atoms with Gasteiger partial charge in [0.05, 0.1) is 23.7 Å². The van der Waals surface area contributed by atoms with Crippen LogP contribution in [-0.2, 0) is 16.9 Å². The summed E-state index contributed by atoms with van der Waals surface area (Å²) in [6.45, 7) is 2.04. The third-order valence-corrected chi connectivity index (χ3v) is 6.35. The van der Waals surface area contributed by atoms with Gasteiger partial charge >= 0.3 is 0 Å². The van der Waals surface area contributed by atoms with Gasteiger partial charge in [-0.15, -0.1) is 0 Å². The Hall–Kier alpha value is -3.58. The van der Waals surface area contributed by atoms with Crippen molar-refractivity contribution in [1.82, 2.24) is 14.7 Å². The van der Waals surface area contributed by atoms with Crippen molar-refractivity contribution >= 4 is 23.3 Å². The van der Waals surface area contributed by atoms with Crippen molar-refractivity contribution in [2.24, 2.45) is 11.7 Å². The lowest BCUT2D eigenvalue weighted by molar-refractivity contribution is -0.117. The van der Waals surface area contributed by atoms with E-state index in [1.807, 2.05) is 6.07 Å². The molecule has 168 valence electrons. The number of aromatic nitrogens is 2. The highest BCUT2D eigenvalue weighted by molar-refractivity contribution is 6.02. The van der Waals surface area contributed by atoms with Crippen molar-refractivity contribution in [3.05, 3.63) is 35.5 Å². The molecule has 1 aliphatic heterocycles. The van der Waals surface area contributed by atoms with Crippen LogP contribution in [0, 0.1) is 17.2 Å². The highest BCUT2D eigenvalue weighted by atomic mass is 16.3. The number of piperidine rings is 1. The first-order valence-electron chi connectivity index (χ1n) is 10.7. The largest absolute Gasteiger partial charge is 0.506 e. The molecule has 10 nitrogen and oxygen atoms in total. The van der Waals surface area contributed by atoms with Gasteiger partial charge in [-0.25, -0.2) is 0 Å². The predicted octanol–water partition coefficient (Wildman–Crippen LogP) is 1.52.